The van der Waals surface area contributed by atoms with E-state index in [1.165, 1.54) is 26.9 Å². The van der Waals surface area contributed by atoms with E-state index in [0.717, 1.165) is 4.88 Å². The molecule has 6 heteroatoms. The highest BCUT2D eigenvalue weighted by Gasteiger charge is 2.15. The second kappa shape index (κ2) is 2.96. The molecule has 0 N–H and O–H groups in total. The Labute approximate surface area is 85.3 Å². The molecular weight excluding hydrogens is 237 g/mol. The zero-order valence-electron chi connectivity index (χ0n) is 5.51. The first-order chi connectivity index (χ1) is 5.70. The first-order valence-electron chi connectivity index (χ1n) is 2.94. The topological polar surface area (TPSA) is 30.0 Å². The van der Waals surface area contributed by atoms with Crippen LogP contribution in [0.25, 0.3) is 10.6 Å². The normalized spacial score (nSPS) is 10.8. The zero-order chi connectivity index (χ0) is 8.72. The van der Waals surface area contributed by atoms with Crippen molar-refractivity contribution in [2.75, 3.05) is 0 Å². The Bertz CT molecular complexity index is 450. The number of halogens is 2. The molecule has 0 spiro atoms. The molecule has 0 atom stereocenters. The molecule has 1 aliphatic heterocycles. The molecule has 0 aromatic heterocycles. The highest BCUT2D eigenvalue weighted by atomic mass is 35.5. The van der Waals surface area contributed by atoms with Gasteiger partial charge in [0.05, 0.1) is 15.6 Å². The molecule has 0 radical (unpaired) electrons. The number of fused-ring (bicyclic) bond motifs is 1. The second-order valence-corrected chi connectivity index (χ2v) is 4.74. The standard InChI is InChI=1S/C6HCl2NOS2/c7-2-1-3-6(11-12-9-3)4(8)5(2)10/h1H. The molecule has 0 amide bonds. The van der Waals surface area contributed by atoms with Crippen LogP contribution in [0.1, 0.15) is 0 Å². The summed E-state index contributed by atoms with van der Waals surface area (Å²) in [6.45, 7) is 0. The Hall–Kier alpha value is -0.160. The van der Waals surface area contributed by atoms with Gasteiger partial charge in [-0.2, -0.15) is 4.37 Å². The van der Waals surface area contributed by atoms with Crippen molar-refractivity contribution in [2.45, 2.75) is 0 Å². The van der Waals surface area contributed by atoms with E-state index in [-0.39, 0.29) is 15.5 Å². The number of hydrogen-bond acceptors (Lipinski definition) is 4. The first kappa shape index (κ1) is 8.44. The van der Waals surface area contributed by atoms with Gasteiger partial charge in [-0.25, -0.2) is 0 Å². The van der Waals surface area contributed by atoms with Crippen LogP contribution in [0.15, 0.2) is 10.9 Å². The fraction of sp³-hybridized carbons (Fsp3) is 0. The maximum absolute atomic E-state index is 11.2. The summed E-state index contributed by atoms with van der Waals surface area (Å²) in [5, 5.41) is 0.307. The van der Waals surface area contributed by atoms with Gasteiger partial charge in [0.25, 0.3) is 0 Å². The minimum Gasteiger partial charge on any atom is -0.287 e. The Kier molecular flexibility index (Phi) is 2.08. The Morgan fingerprint density at radius 2 is 2.17 bits per heavy atom. The SMILES string of the molecule is O=c1c(Cl)cc2nssc-2c1Cl. The van der Waals surface area contributed by atoms with Crippen molar-refractivity contribution in [3.8, 4) is 10.6 Å². The first-order valence-corrected chi connectivity index (χ1v) is 5.80. The molecule has 0 unspecified atom stereocenters. The summed E-state index contributed by atoms with van der Waals surface area (Å²) in [7, 11) is 2.67. The molecule has 2 aliphatic rings. The lowest BCUT2D eigenvalue weighted by Crippen LogP contribution is -2.02. The van der Waals surface area contributed by atoms with Gasteiger partial charge in [-0.05, 0) is 6.07 Å². The largest absolute Gasteiger partial charge is 0.287 e. The summed E-state index contributed by atoms with van der Waals surface area (Å²) < 4.78 is 4.03. The Morgan fingerprint density at radius 3 is 2.92 bits per heavy atom. The molecule has 1 heterocycles. The third-order valence-electron chi connectivity index (χ3n) is 1.37. The number of rotatable bonds is 0. The molecule has 12 heavy (non-hydrogen) atoms. The quantitative estimate of drug-likeness (QED) is 0.660. The molecule has 0 bridgehead atoms. The van der Waals surface area contributed by atoms with Crippen molar-refractivity contribution >= 4 is 44.1 Å². The lowest BCUT2D eigenvalue weighted by Gasteiger charge is -1.96. The molecule has 2 nitrogen and oxygen atoms in total. The van der Waals surface area contributed by atoms with Crippen LogP contribution >= 0.6 is 44.1 Å². The lowest BCUT2D eigenvalue weighted by atomic mass is 10.2. The van der Waals surface area contributed by atoms with E-state index in [2.05, 4.69) is 4.37 Å². The van der Waals surface area contributed by atoms with Crippen molar-refractivity contribution in [1.82, 2.24) is 4.37 Å². The predicted molar refractivity (Wildman–Crippen MR) is 52.9 cm³/mol. The lowest BCUT2D eigenvalue weighted by molar-refractivity contribution is 1.49. The van der Waals surface area contributed by atoms with E-state index in [1.807, 2.05) is 0 Å². The Balaban J connectivity index is 2.95. The fourth-order valence-corrected chi connectivity index (χ4v) is 3.34. The van der Waals surface area contributed by atoms with Crippen LogP contribution in [0.4, 0.5) is 0 Å². The minimum absolute atomic E-state index is 0.130. The smallest absolute Gasteiger partial charge is 0.217 e. The summed E-state index contributed by atoms with van der Waals surface area (Å²) in [4.78, 5) is 11.9. The van der Waals surface area contributed by atoms with Crippen molar-refractivity contribution in [3.63, 3.8) is 0 Å². The van der Waals surface area contributed by atoms with Gasteiger partial charge in [0, 0.05) is 10.5 Å². The average Bonchev–Trinajstić information content (AvgIpc) is 2.48. The molecule has 0 aromatic carbocycles. The van der Waals surface area contributed by atoms with E-state index in [0.29, 0.717) is 5.69 Å². The number of benzene rings is 1. The maximum atomic E-state index is 11.2. The highest BCUT2D eigenvalue weighted by Crippen LogP contribution is 2.34. The summed E-state index contributed by atoms with van der Waals surface area (Å²) in [6.07, 6.45) is 0. The third-order valence-corrected chi connectivity index (χ3v) is 3.99. The van der Waals surface area contributed by atoms with E-state index < -0.39 is 0 Å². The summed E-state index contributed by atoms with van der Waals surface area (Å²) in [6, 6.07) is 1.54. The van der Waals surface area contributed by atoms with E-state index in [9.17, 15) is 4.79 Å². The molecule has 0 saturated carbocycles. The summed E-state index contributed by atoms with van der Waals surface area (Å²) >= 11 is 11.4. The number of hydrogen-bond donors (Lipinski definition) is 0. The van der Waals surface area contributed by atoms with Gasteiger partial charge in [-0.3, -0.25) is 4.79 Å². The predicted octanol–water partition coefficient (Wildman–Crippen LogP) is 2.98. The maximum Gasteiger partial charge on any atom is 0.217 e. The van der Waals surface area contributed by atoms with Crippen LogP contribution in [-0.2, 0) is 0 Å². The van der Waals surface area contributed by atoms with Crippen LogP contribution in [0, 0.1) is 0 Å². The van der Waals surface area contributed by atoms with E-state index in [1.54, 1.807) is 0 Å². The highest BCUT2D eigenvalue weighted by molar-refractivity contribution is 7.68. The van der Waals surface area contributed by atoms with Gasteiger partial charge < -0.3 is 0 Å². The monoisotopic (exact) mass is 237 g/mol. The summed E-state index contributed by atoms with van der Waals surface area (Å²) in [5.74, 6) is 0. The fourth-order valence-electron chi connectivity index (χ4n) is 0.815. The van der Waals surface area contributed by atoms with Gasteiger partial charge in [0.2, 0.25) is 5.43 Å². The summed E-state index contributed by atoms with van der Waals surface area (Å²) in [5.41, 5.74) is 0.377. The van der Waals surface area contributed by atoms with Crippen molar-refractivity contribution in [2.24, 2.45) is 0 Å². The van der Waals surface area contributed by atoms with Crippen LogP contribution in [0.2, 0.25) is 10.0 Å². The van der Waals surface area contributed by atoms with Crippen LogP contribution in [0.5, 0.6) is 0 Å². The van der Waals surface area contributed by atoms with Gasteiger partial charge in [0.1, 0.15) is 5.02 Å². The van der Waals surface area contributed by atoms with Gasteiger partial charge in [-0.15, -0.1) is 0 Å². The minimum atomic E-state index is -0.317. The van der Waals surface area contributed by atoms with Crippen LogP contribution in [-0.4, -0.2) is 4.37 Å². The molecule has 0 fully saturated rings. The molecule has 0 saturated heterocycles. The van der Waals surface area contributed by atoms with Crippen molar-refractivity contribution in [1.29, 1.82) is 0 Å². The third kappa shape index (κ3) is 1.15. The van der Waals surface area contributed by atoms with Crippen LogP contribution < -0.4 is 5.43 Å². The second-order valence-electron chi connectivity index (χ2n) is 2.10. The average molecular weight is 238 g/mol. The van der Waals surface area contributed by atoms with E-state index in [4.69, 9.17) is 23.2 Å². The van der Waals surface area contributed by atoms with E-state index >= 15 is 0 Å². The van der Waals surface area contributed by atoms with Crippen molar-refractivity contribution < 1.29 is 0 Å². The molecule has 62 valence electrons. The zero-order valence-corrected chi connectivity index (χ0v) is 8.65. The van der Waals surface area contributed by atoms with Crippen molar-refractivity contribution in [3.05, 3.63) is 26.3 Å². The van der Waals surface area contributed by atoms with Gasteiger partial charge >= 0.3 is 0 Å². The number of aromatic nitrogens is 1. The Morgan fingerprint density at radius 1 is 1.42 bits per heavy atom. The van der Waals surface area contributed by atoms with Gasteiger partial charge in [-0.1, -0.05) is 33.5 Å². The molecular formula is C6HCl2NOS2. The molecule has 1 aliphatic carbocycles. The van der Waals surface area contributed by atoms with Crippen LogP contribution in [0.3, 0.4) is 0 Å². The number of nitrogens with zero attached hydrogens (tertiary/aromatic N) is 1. The molecule has 0 aromatic rings. The molecule has 2 rings (SSSR count). The van der Waals surface area contributed by atoms with Gasteiger partial charge in [0.15, 0.2) is 0 Å².